The summed E-state index contributed by atoms with van der Waals surface area (Å²) in [6.45, 7) is 0.176. The lowest BCUT2D eigenvalue weighted by Gasteiger charge is -2.29. The van der Waals surface area contributed by atoms with Crippen molar-refractivity contribution in [3.05, 3.63) is 30.1 Å². The van der Waals surface area contributed by atoms with Gasteiger partial charge in [-0.1, -0.05) is 18.6 Å². The summed E-state index contributed by atoms with van der Waals surface area (Å²) in [5.41, 5.74) is 0. The third-order valence-electron chi connectivity index (χ3n) is 4.36. The van der Waals surface area contributed by atoms with E-state index in [1.54, 1.807) is 7.05 Å². The van der Waals surface area contributed by atoms with E-state index in [0.29, 0.717) is 17.3 Å². The Kier molecular flexibility index (Phi) is 7.56. The number of hydrogen-bond donors (Lipinski definition) is 2. The van der Waals surface area contributed by atoms with Gasteiger partial charge in [-0.2, -0.15) is 11.8 Å². The fraction of sp³-hybridized carbons (Fsp3) is 0.588. The van der Waals surface area contributed by atoms with E-state index in [-0.39, 0.29) is 17.2 Å². The second-order valence-corrected chi connectivity index (χ2v) is 9.33. The number of guanidine groups is 1. The Morgan fingerprint density at radius 3 is 2.80 bits per heavy atom. The van der Waals surface area contributed by atoms with Gasteiger partial charge in [-0.3, -0.25) is 4.99 Å². The van der Waals surface area contributed by atoms with Crippen LogP contribution >= 0.6 is 11.8 Å². The van der Waals surface area contributed by atoms with Gasteiger partial charge in [0.05, 0.1) is 5.75 Å². The van der Waals surface area contributed by atoms with E-state index in [9.17, 15) is 12.8 Å². The van der Waals surface area contributed by atoms with Gasteiger partial charge in [0, 0.05) is 24.9 Å². The molecule has 1 aliphatic rings. The van der Waals surface area contributed by atoms with Crippen LogP contribution in [0.25, 0.3) is 0 Å². The van der Waals surface area contributed by atoms with E-state index in [2.05, 4.69) is 21.9 Å². The fourth-order valence-electron chi connectivity index (χ4n) is 2.99. The average molecular weight is 388 g/mol. The molecule has 0 aliphatic heterocycles. The van der Waals surface area contributed by atoms with Gasteiger partial charge < -0.3 is 10.6 Å². The second-order valence-electron chi connectivity index (χ2n) is 6.11. The molecule has 0 amide bonds. The lowest BCUT2D eigenvalue weighted by molar-refractivity contribution is 0.419. The molecule has 140 valence electrons. The number of sulfone groups is 1. The zero-order valence-corrected chi connectivity index (χ0v) is 16.3. The Hall–Kier alpha value is -1.28. The van der Waals surface area contributed by atoms with Crippen LogP contribution in [-0.2, 0) is 9.84 Å². The Morgan fingerprint density at radius 1 is 1.36 bits per heavy atom. The molecule has 0 spiro atoms. The normalized spacial score (nSPS) is 21.8. The van der Waals surface area contributed by atoms with Crippen LogP contribution in [0.2, 0.25) is 0 Å². The number of halogens is 1. The molecule has 0 aromatic heterocycles. The monoisotopic (exact) mass is 387 g/mol. The first-order valence-corrected chi connectivity index (χ1v) is 11.4. The number of rotatable bonds is 6. The van der Waals surface area contributed by atoms with Gasteiger partial charge in [0.1, 0.15) is 10.7 Å². The highest BCUT2D eigenvalue weighted by atomic mass is 32.2. The molecule has 1 saturated carbocycles. The molecule has 1 aromatic carbocycles. The average Bonchev–Trinajstić information content (AvgIpc) is 2.61. The first-order chi connectivity index (χ1) is 12.0. The van der Waals surface area contributed by atoms with Crippen LogP contribution in [0.3, 0.4) is 0 Å². The van der Waals surface area contributed by atoms with Gasteiger partial charge in [-0.05, 0) is 37.7 Å². The molecule has 2 unspecified atom stereocenters. The highest BCUT2D eigenvalue weighted by Crippen LogP contribution is 2.26. The van der Waals surface area contributed by atoms with Gasteiger partial charge in [0.25, 0.3) is 0 Å². The van der Waals surface area contributed by atoms with Crippen molar-refractivity contribution in [1.29, 1.82) is 0 Å². The second kappa shape index (κ2) is 9.43. The lowest BCUT2D eigenvalue weighted by atomic mass is 9.95. The predicted molar refractivity (Wildman–Crippen MR) is 103 cm³/mol. The maximum Gasteiger partial charge on any atom is 0.191 e. The standard InChI is InChI=1S/C17H26FN3O2S2/c1-19-17(21-13-6-5-7-14(12-13)24-2)20-10-11-25(22,23)16-9-4-3-8-15(16)18/h3-4,8-9,13-14H,5-7,10-12H2,1-2H3,(H2,19,20,21). The van der Waals surface area contributed by atoms with Crippen molar-refractivity contribution in [2.75, 3.05) is 25.6 Å². The van der Waals surface area contributed by atoms with Crippen LogP contribution in [0.15, 0.2) is 34.2 Å². The number of hydrogen-bond acceptors (Lipinski definition) is 4. The van der Waals surface area contributed by atoms with Crippen LogP contribution in [0.5, 0.6) is 0 Å². The third-order valence-corrected chi connectivity index (χ3v) is 7.20. The maximum absolute atomic E-state index is 13.7. The fourth-order valence-corrected chi connectivity index (χ4v) is 5.06. The first kappa shape index (κ1) is 20.0. The minimum absolute atomic E-state index is 0.176. The summed E-state index contributed by atoms with van der Waals surface area (Å²) < 4.78 is 38.2. The molecule has 0 heterocycles. The highest BCUT2D eigenvalue weighted by Gasteiger charge is 2.22. The Labute approximate surface area is 153 Å². The number of aliphatic imine (C=N–C) groups is 1. The van der Waals surface area contributed by atoms with Crippen molar-refractivity contribution < 1.29 is 12.8 Å². The molecule has 0 saturated heterocycles. The van der Waals surface area contributed by atoms with Crippen LogP contribution < -0.4 is 10.6 Å². The summed E-state index contributed by atoms with van der Waals surface area (Å²) in [4.78, 5) is 3.91. The topological polar surface area (TPSA) is 70.6 Å². The van der Waals surface area contributed by atoms with Gasteiger partial charge in [-0.15, -0.1) is 0 Å². The van der Waals surface area contributed by atoms with Crippen molar-refractivity contribution in [3.8, 4) is 0 Å². The molecule has 2 N–H and O–H groups in total. The molecule has 25 heavy (non-hydrogen) atoms. The molecule has 2 rings (SSSR count). The molecule has 1 aromatic rings. The summed E-state index contributed by atoms with van der Waals surface area (Å²) in [6, 6.07) is 5.80. The molecule has 2 atom stereocenters. The predicted octanol–water partition coefficient (Wildman–Crippen LogP) is 2.44. The van der Waals surface area contributed by atoms with Crippen molar-refractivity contribution in [2.45, 2.75) is 41.9 Å². The third kappa shape index (κ3) is 5.88. The molecule has 1 fully saturated rings. The number of thioether (sulfide) groups is 1. The SMILES string of the molecule is CN=C(NCCS(=O)(=O)c1ccccc1F)NC1CCCC(SC)C1. The summed E-state index contributed by atoms with van der Waals surface area (Å²) >= 11 is 1.89. The van der Waals surface area contributed by atoms with E-state index in [0.717, 1.165) is 18.9 Å². The Balaban J connectivity index is 1.86. The van der Waals surface area contributed by atoms with Crippen LogP contribution in [0.4, 0.5) is 4.39 Å². The van der Waals surface area contributed by atoms with Crippen LogP contribution in [-0.4, -0.2) is 51.3 Å². The minimum atomic E-state index is -3.66. The van der Waals surface area contributed by atoms with Crippen LogP contribution in [0, 0.1) is 5.82 Å². The zero-order valence-electron chi connectivity index (χ0n) is 14.7. The number of benzene rings is 1. The lowest BCUT2D eigenvalue weighted by Crippen LogP contribution is -2.46. The summed E-state index contributed by atoms with van der Waals surface area (Å²) in [6.07, 6.45) is 6.72. The van der Waals surface area contributed by atoms with Crippen molar-refractivity contribution in [2.24, 2.45) is 4.99 Å². The van der Waals surface area contributed by atoms with Gasteiger partial charge >= 0.3 is 0 Å². The molecule has 8 heteroatoms. The number of nitrogens with one attached hydrogen (secondary N) is 2. The summed E-state index contributed by atoms with van der Waals surface area (Å²) in [7, 11) is -2.00. The van der Waals surface area contributed by atoms with Gasteiger partial charge in [0.15, 0.2) is 15.8 Å². The van der Waals surface area contributed by atoms with Crippen molar-refractivity contribution in [1.82, 2.24) is 10.6 Å². The van der Waals surface area contributed by atoms with Crippen LogP contribution in [0.1, 0.15) is 25.7 Å². The van der Waals surface area contributed by atoms with Gasteiger partial charge in [-0.25, -0.2) is 12.8 Å². The van der Waals surface area contributed by atoms with E-state index in [4.69, 9.17) is 0 Å². The molecular weight excluding hydrogens is 361 g/mol. The molecule has 1 aliphatic carbocycles. The molecular formula is C17H26FN3O2S2. The van der Waals surface area contributed by atoms with E-state index < -0.39 is 15.7 Å². The molecule has 0 radical (unpaired) electrons. The zero-order chi connectivity index (χ0) is 18.3. The minimum Gasteiger partial charge on any atom is -0.355 e. The number of nitrogens with zero attached hydrogens (tertiary/aromatic N) is 1. The quantitative estimate of drug-likeness (QED) is 0.580. The van der Waals surface area contributed by atoms with Gasteiger partial charge in [0.2, 0.25) is 0 Å². The smallest absolute Gasteiger partial charge is 0.191 e. The van der Waals surface area contributed by atoms with Crippen molar-refractivity contribution >= 4 is 27.6 Å². The highest BCUT2D eigenvalue weighted by molar-refractivity contribution is 7.99. The van der Waals surface area contributed by atoms with E-state index in [1.807, 2.05) is 11.8 Å². The molecule has 0 bridgehead atoms. The van der Waals surface area contributed by atoms with E-state index >= 15 is 0 Å². The Bertz CT molecular complexity index is 695. The van der Waals surface area contributed by atoms with E-state index in [1.165, 1.54) is 31.0 Å². The van der Waals surface area contributed by atoms with Crippen molar-refractivity contribution in [3.63, 3.8) is 0 Å². The first-order valence-electron chi connectivity index (χ1n) is 8.43. The maximum atomic E-state index is 13.7. The summed E-state index contributed by atoms with van der Waals surface area (Å²) in [5.74, 6) is -0.307. The largest absolute Gasteiger partial charge is 0.355 e. The summed E-state index contributed by atoms with van der Waals surface area (Å²) in [5, 5.41) is 7.05. The molecule has 5 nitrogen and oxygen atoms in total. The Morgan fingerprint density at radius 2 is 2.12 bits per heavy atom.